The zero-order chi connectivity index (χ0) is 29.2. The standard InChI is InChI=1S/C37H25F4N/c1-24-34(38)36(40)33(37(41)35(24)39)29-16-22-32(23-17-29)42(30-18-12-27(13-19-30)25-8-4-2-5-9-25)31-20-14-28(15-21-31)26-10-6-3-7-11-26/h2-23H,1H3. The number of rotatable bonds is 6. The van der Waals surface area contributed by atoms with Gasteiger partial charge in [-0.2, -0.15) is 0 Å². The number of hydrogen-bond acceptors (Lipinski definition) is 1. The fraction of sp³-hybridized carbons (Fsp3) is 0.0270. The van der Waals surface area contributed by atoms with E-state index in [-0.39, 0.29) is 5.56 Å². The first-order valence-corrected chi connectivity index (χ1v) is 13.5. The van der Waals surface area contributed by atoms with Crippen molar-refractivity contribution in [2.75, 3.05) is 4.90 Å². The van der Waals surface area contributed by atoms with Crippen LogP contribution in [0.3, 0.4) is 0 Å². The largest absolute Gasteiger partial charge is 0.311 e. The van der Waals surface area contributed by atoms with Gasteiger partial charge >= 0.3 is 0 Å². The molecule has 0 amide bonds. The molecule has 0 aliphatic heterocycles. The molecule has 0 saturated heterocycles. The first kappa shape index (κ1) is 27.0. The van der Waals surface area contributed by atoms with E-state index in [4.69, 9.17) is 0 Å². The van der Waals surface area contributed by atoms with Gasteiger partial charge in [0.2, 0.25) is 0 Å². The lowest BCUT2D eigenvalue weighted by molar-refractivity contribution is 0.449. The summed E-state index contributed by atoms with van der Waals surface area (Å²) in [5.74, 6) is -5.62. The smallest absolute Gasteiger partial charge is 0.170 e. The van der Waals surface area contributed by atoms with Gasteiger partial charge in [0.15, 0.2) is 23.3 Å². The van der Waals surface area contributed by atoms with Gasteiger partial charge in [0.25, 0.3) is 0 Å². The lowest BCUT2D eigenvalue weighted by atomic mass is 10.0. The summed E-state index contributed by atoms with van der Waals surface area (Å²) < 4.78 is 58.1. The molecule has 0 bridgehead atoms. The molecule has 6 aromatic carbocycles. The quantitative estimate of drug-likeness (QED) is 0.145. The maximum Gasteiger partial charge on any atom is 0.170 e. The first-order valence-electron chi connectivity index (χ1n) is 13.5. The monoisotopic (exact) mass is 559 g/mol. The molecule has 0 N–H and O–H groups in total. The molecule has 0 radical (unpaired) electrons. The van der Waals surface area contributed by atoms with Gasteiger partial charge in [0.1, 0.15) is 0 Å². The van der Waals surface area contributed by atoms with E-state index in [1.54, 1.807) is 12.1 Å². The highest BCUT2D eigenvalue weighted by molar-refractivity contribution is 5.81. The van der Waals surface area contributed by atoms with E-state index in [1.165, 1.54) is 12.1 Å². The summed E-state index contributed by atoms with van der Waals surface area (Å²) in [5, 5.41) is 0. The number of benzene rings is 6. The molecule has 0 heterocycles. The molecule has 42 heavy (non-hydrogen) atoms. The Labute approximate surface area is 242 Å². The van der Waals surface area contributed by atoms with Crippen LogP contribution < -0.4 is 4.90 Å². The summed E-state index contributed by atoms with van der Waals surface area (Å²) in [4.78, 5) is 2.01. The molecule has 0 atom stereocenters. The van der Waals surface area contributed by atoms with Gasteiger partial charge in [0, 0.05) is 22.6 Å². The molecule has 6 rings (SSSR count). The fourth-order valence-electron chi connectivity index (χ4n) is 5.09. The Bertz CT molecular complexity index is 1720. The Morgan fingerprint density at radius 1 is 0.357 bits per heavy atom. The Morgan fingerprint density at radius 2 is 0.667 bits per heavy atom. The van der Waals surface area contributed by atoms with Crippen molar-refractivity contribution in [3.05, 3.63) is 162 Å². The fourth-order valence-corrected chi connectivity index (χ4v) is 5.09. The topological polar surface area (TPSA) is 3.24 Å². The van der Waals surface area contributed by atoms with Gasteiger partial charge in [-0.25, -0.2) is 17.6 Å². The van der Waals surface area contributed by atoms with Crippen molar-refractivity contribution in [2.45, 2.75) is 6.92 Å². The third-order valence-corrected chi connectivity index (χ3v) is 7.36. The number of nitrogens with zero attached hydrogens (tertiary/aromatic N) is 1. The van der Waals surface area contributed by atoms with Gasteiger partial charge < -0.3 is 4.90 Å². The molecule has 0 fully saturated rings. The molecule has 0 saturated carbocycles. The van der Waals surface area contributed by atoms with E-state index in [2.05, 4.69) is 0 Å². The van der Waals surface area contributed by atoms with Crippen molar-refractivity contribution in [2.24, 2.45) is 0 Å². The Hall–Kier alpha value is -5.16. The first-order chi connectivity index (χ1) is 20.4. The van der Waals surface area contributed by atoms with Crippen LogP contribution >= 0.6 is 0 Å². The van der Waals surface area contributed by atoms with E-state index >= 15 is 0 Å². The predicted octanol–water partition coefficient (Wildman–Crippen LogP) is 11.0. The van der Waals surface area contributed by atoms with Gasteiger partial charge in [-0.05, 0) is 71.1 Å². The van der Waals surface area contributed by atoms with Gasteiger partial charge in [-0.1, -0.05) is 97.1 Å². The van der Waals surface area contributed by atoms with Crippen LogP contribution in [0.2, 0.25) is 0 Å². The van der Waals surface area contributed by atoms with Crippen LogP contribution in [0.4, 0.5) is 34.6 Å². The molecule has 5 heteroatoms. The molecule has 0 aromatic heterocycles. The number of halogens is 4. The average molecular weight is 560 g/mol. The van der Waals surface area contributed by atoms with Crippen LogP contribution in [0.15, 0.2) is 133 Å². The maximum absolute atomic E-state index is 14.7. The molecule has 6 aromatic rings. The van der Waals surface area contributed by atoms with E-state index in [0.29, 0.717) is 5.69 Å². The zero-order valence-corrected chi connectivity index (χ0v) is 22.7. The van der Waals surface area contributed by atoms with Crippen LogP contribution in [0, 0.1) is 30.2 Å². The SMILES string of the molecule is Cc1c(F)c(F)c(-c2ccc(N(c3ccc(-c4ccccc4)cc3)c3ccc(-c4ccccc4)cc3)cc2)c(F)c1F. The van der Waals surface area contributed by atoms with Crippen LogP contribution in [-0.2, 0) is 0 Å². The summed E-state index contributed by atoms with van der Waals surface area (Å²) in [6.45, 7) is 1.01. The molecule has 0 aliphatic carbocycles. The lowest BCUT2D eigenvalue weighted by Gasteiger charge is -2.26. The lowest BCUT2D eigenvalue weighted by Crippen LogP contribution is -2.10. The van der Waals surface area contributed by atoms with Crippen molar-refractivity contribution in [1.29, 1.82) is 0 Å². The summed E-state index contributed by atoms with van der Waals surface area (Å²) in [6, 6.07) is 42.5. The van der Waals surface area contributed by atoms with Crippen molar-refractivity contribution in [3.63, 3.8) is 0 Å². The van der Waals surface area contributed by atoms with E-state index < -0.39 is 34.4 Å². The molecule has 206 valence electrons. The third kappa shape index (κ3) is 5.06. The van der Waals surface area contributed by atoms with E-state index in [0.717, 1.165) is 40.6 Å². The normalized spacial score (nSPS) is 11.0. The van der Waals surface area contributed by atoms with E-state index in [9.17, 15) is 17.6 Å². The molecule has 1 nitrogen and oxygen atoms in total. The van der Waals surface area contributed by atoms with Crippen molar-refractivity contribution in [3.8, 4) is 33.4 Å². The Morgan fingerprint density at radius 3 is 1.02 bits per heavy atom. The maximum atomic E-state index is 14.7. The van der Waals surface area contributed by atoms with Gasteiger partial charge in [-0.3, -0.25) is 0 Å². The van der Waals surface area contributed by atoms with Crippen LogP contribution in [0.1, 0.15) is 5.56 Å². The number of hydrogen-bond donors (Lipinski definition) is 0. The number of anilines is 3. The second-order valence-electron chi connectivity index (χ2n) is 9.96. The minimum absolute atomic E-state index is 0.0327. The molecular weight excluding hydrogens is 534 g/mol. The molecular formula is C37H25F4N. The van der Waals surface area contributed by atoms with Crippen molar-refractivity contribution >= 4 is 17.1 Å². The summed E-state index contributed by atoms with van der Waals surface area (Å²) in [7, 11) is 0. The van der Waals surface area contributed by atoms with Crippen LogP contribution in [0.25, 0.3) is 33.4 Å². The second-order valence-corrected chi connectivity index (χ2v) is 9.96. The Balaban J connectivity index is 1.42. The predicted molar refractivity (Wildman–Crippen MR) is 162 cm³/mol. The van der Waals surface area contributed by atoms with E-state index in [1.807, 2.05) is 114 Å². The zero-order valence-electron chi connectivity index (χ0n) is 22.7. The highest BCUT2D eigenvalue weighted by Crippen LogP contribution is 2.39. The van der Waals surface area contributed by atoms with Gasteiger partial charge in [-0.15, -0.1) is 0 Å². The highest BCUT2D eigenvalue weighted by Gasteiger charge is 2.24. The minimum Gasteiger partial charge on any atom is -0.311 e. The molecule has 0 spiro atoms. The molecule has 0 unspecified atom stereocenters. The van der Waals surface area contributed by atoms with Crippen LogP contribution in [-0.4, -0.2) is 0 Å². The van der Waals surface area contributed by atoms with Gasteiger partial charge in [0.05, 0.1) is 5.56 Å². The highest BCUT2D eigenvalue weighted by atomic mass is 19.2. The summed E-state index contributed by atoms with van der Waals surface area (Å²) in [6.07, 6.45) is 0. The Kier molecular flexibility index (Phi) is 7.32. The summed E-state index contributed by atoms with van der Waals surface area (Å²) >= 11 is 0. The van der Waals surface area contributed by atoms with Crippen molar-refractivity contribution < 1.29 is 17.6 Å². The minimum atomic E-state index is -1.41. The second kappa shape index (κ2) is 11.4. The summed E-state index contributed by atoms with van der Waals surface area (Å²) in [5.41, 5.74) is 5.34. The van der Waals surface area contributed by atoms with Crippen LogP contribution in [0.5, 0.6) is 0 Å². The van der Waals surface area contributed by atoms with Crippen molar-refractivity contribution in [1.82, 2.24) is 0 Å². The average Bonchev–Trinajstić information content (AvgIpc) is 3.05. The third-order valence-electron chi connectivity index (χ3n) is 7.36. The molecule has 0 aliphatic rings.